The second-order valence-electron chi connectivity index (χ2n) is 8.88. The molecule has 8 nitrogen and oxygen atoms in total. The number of nitrogens with zero attached hydrogens (tertiary/aromatic N) is 6. The Morgan fingerprint density at radius 1 is 1.08 bits per heavy atom. The van der Waals surface area contributed by atoms with E-state index in [1.165, 1.54) is 17.8 Å². The lowest BCUT2D eigenvalue weighted by atomic mass is 9.98. The second kappa shape index (κ2) is 10.0. The van der Waals surface area contributed by atoms with Gasteiger partial charge in [-0.15, -0.1) is 0 Å². The molecule has 0 bridgehead atoms. The summed E-state index contributed by atoms with van der Waals surface area (Å²) in [6.07, 6.45) is 6.04. The van der Waals surface area contributed by atoms with Crippen molar-refractivity contribution in [3.63, 3.8) is 0 Å². The summed E-state index contributed by atoms with van der Waals surface area (Å²) >= 11 is 0. The van der Waals surface area contributed by atoms with Crippen molar-refractivity contribution in [2.45, 2.75) is 26.8 Å². The van der Waals surface area contributed by atoms with Crippen LogP contribution in [-0.4, -0.2) is 63.3 Å². The third-order valence-corrected chi connectivity index (χ3v) is 6.38. The number of imidazole rings is 1. The number of aromatic nitrogens is 5. The number of aryl methyl sites for hydroxylation is 1. The van der Waals surface area contributed by atoms with E-state index in [-0.39, 0.29) is 6.01 Å². The van der Waals surface area contributed by atoms with Crippen molar-refractivity contribution in [3.05, 3.63) is 65.4 Å². The van der Waals surface area contributed by atoms with Crippen molar-refractivity contribution in [1.82, 2.24) is 29.4 Å². The minimum absolute atomic E-state index is 0.282. The molecule has 0 radical (unpaired) electrons. The summed E-state index contributed by atoms with van der Waals surface area (Å²) in [5.74, 6) is 0.887. The smallest absolute Gasteiger partial charge is 0.318 e. The number of fused-ring (bicyclic) bond motifs is 1. The quantitative estimate of drug-likeness (QED) is 0.379. The van der Waals surface area contributed by atoms with Crippen LogP contribution in [0, 0.1) is 12.7 Å². The van der Waals surface area contributed by atoms with Crippen molar-refractivity contribution in [3.8, 4) is 23.1 Å². The molecule has 1 aliphatic rings. The summed E-state index contributed by atoms with van der Waals surface area (Å²) < 4.78 is 27.4. The zero-order valence-electron chi connectivity index (χ0n) is 21.0. The Morgan fingerprint density at radius 3 is 2.67 bits per heavy atom. The molecular formula is C27H29FN6O2. The molecule has 9 heteroatoms. The van der Waals surface area contributed by atoms with Crippen LogP contribution in [0.1, 0.15) is 30.2 Å². The van der Waals surface area contributed by atoms with Crippen LogP contribution in [0.4, 0.5) is 4.39 Å². The second-order valence-corrected chi connectivity index (χ2v) is 8.88. The van der Waals surface area contributed by atoms with Gasteiger partial charge in [0.1, 0.15) is 22.9 Å². The molecule has 0 spiro atoms. The van der Waals surface area contributed by atoms with E-state index in [4.69, 9.17) is 14.5 Å². The molecule has 0 amide bonds. The zero-order valence-corrected chi connectivity index (χ0v) is 21.0. The number of hydrogen-bond donors (Lipinski definition) is 0. The first kappa shape index (κ1) is 23.9. The van der Waals surface area contributed by atoms with Crippen LogP contribution in [0.2, 0.25) is 0 Å². The first-order valence-corrected chi connectivity index (χ1v) is 12.0. The predicted molar refractivity (Wildman–Crippen MR) is 137 cm³/mol. The topological polar surface area (TPSA) is 78.2 Å². The van der Waals surface area contributed by atoms with Gasteiger partial charge in [-0.3, -0.25) is 4.98 Å². The SMILES string of the molecule is CCOc1nc(C)c2nc(-c3cncc(F)c3)n(Cc3ccc(C4=CCN(C)CC4)cc3OC)c2n1. The molecule has 36 heavy (non-hydrogen) atoms. The lowest BCUT2D eigenvalue weighted by molar-refractivity contribution is 0.313. The van der Waals surface area contributed by atoms with Gasteiger partial charge in [0.25, 0.3) is 0 Å². The van der Waals surface area contributed by atoms with Crippen molar-refractivity contribution >= 4 is 16.7 Å². The minimum Gasteiger partial charge on any atom is -0.496 e. The lowest BCUT2D eigenvalue weighted by Gasteiger charge is -2.22. The summed E-state index contributed by atoms with van der Waals surface area (Å²) in [6.45, 7) is 6.57. The van der Waals surface area contributed by atoms with Crippen LogP contribution in [0.5, 0.6) is 11.8 Å². The Bertz CT molecular complexity index is 1450. The maximum absolute atomic E-state index is 14.1. The van der Waals surface area contributed by atoms with Crippen LogP contribution >= 0.6 is 0 Å². The number of rotatable bonds is 7. The number of pyridine rings is 1. The van der Waals surface area contributed by atoms with Gasteiger partial charge in [0.15, 0.2) is 5.65 Å². The molecule has 4 aromatic rings. The highest BCUT2D eigenvalue weighted by Gasteiger charge is 2.20. The van der Waals surface area contributed by atoms with E-state index in [0.717, 1.165) is 36.4 Å². The standard InChI is InChI=1S/C27H29FN6O2/c1-5-36-27-30-17(2)24-26(32-27)34(25(31-24)21-12-22(28)15-29-14-21)16-20-7-6-19(13-23(20)35-4)18-8-10-33(3)11-9-18/h6-8,12-15H,5,9-11,16H2,1-4H3. The van der Waals surface area contributed by atoms with E-state index in [2.05, 4.69) is 51.2 Å². The number of methoxy groups -OCH3 is 1. The molecule has 3 aromatic heterocycles. The van der Waals surface area contributed by atoms with Crippen molar-refractivity contribution < 1.29 is 13.9 Å². The van der Waals surface area contributed by atoms with Crippen molar-refractivity contribution in [2.24, 2.45) is 0 Å². The summed E-state index contributed by atoms with van der Waals surface area (Å²) in [5, 5.41) is 0. The summed E-state index contributed by atoms with van der Waals surface area (Å²) in [6, 6.07) is 7.99. The first-order chi connectivity index (χ1) is 17.5. The van der Waals surface area contributed by atoms with Gasteiger partial charge < -0.3 is 18.9 Å². The van der Waals surface area contributed by atoms with E-state index in [1.807, 2.05) is 18.4 Å². The molecule has 1 aliphatic heterocycles. The fourth-order valence-electron chi connectivity index (χ4n) is 4.49. The average Bonchev–Trinajstić information content (AvgIpc) is 3.24. The molecule has 5 rings (SSSR count). The van der Waals surface area contributed by atoms with Crippen LogP contribution < -0.4 is 9.47 Å². The molecule has 0 N–H and O–H groups in total. The Hall–Kier alpha value is -3.85. The Kier molecular flexibility index (Phi) is 6.65. The average molecular weight is 489 g/mol. The van der Waals surface area contributed by atoms with E-state index >= 15 is 0 Å². The normalized spacial score (nSPS) is 14.2. The molecular weight excluding hydrogens is 459 g/mol. The van der Waals surface area contributed by atoms with Gasteiger partial charge in [-0.25, -0.2) is 9.37 Å². The number of hydrogen-bond acceptors (Lipinski definition) is 7. The van der Waals surface area contributed by atoms with Gasteiger partial charge in [-0.2, -0.15) is 9.97 Å². The first-order valence-electron chi connectivity index (χ1n) is 12.0. The van der Waals surface area contributed by atoms with Gasteiger partial charge in [0.2, 0.25) is 0 Å². The molecule has 0 saturated heterocycles. The number of ether oxygens (including phenoxy) is 2. The maximum atomic E-state index is 14.1. The van der Waals surface area contributed by atoms with Gasteiger partial charge >= 0.3 is 6.01 Å². The molecule has 0 fully saturated rings. The van der Waals surface area contributed by atoms with Gasteiger partial charge in [0.05, 0.1) is 32.2 Å². The molecule has 0 unspecified atom stereocenters. The molecule has 0 saturated carbocycles. The zero-order chi connectivity index (χ0) is 25.2. The van der Waals surface area contributed by atoms with Crippen LogP contribution in [0.15, 0.2) is 42.7 Å². The number of halogens is 1. The van der Waals surface area contributed by atoms with Gasteiger partial charge in [0, 0.05) is 30.4 Å². The summed E-state index contributed by atoms with van der Waals surface area (Å²) in [5.41, 5.74) is 5.91. The predicted octanol–water partition coefficient (Wildman–Crippen LogP) is 4.51. The van der Waals surface area contributed by atoms with Gasteiger partial charge in [-0.1, -0.05) is 18.2 Å². The molecule has 186 valence electrons. The number of benzene rings is 1. The van der Waals surface area contributed by atoms with E-state index in [1.54, 1.807) is 13.3 Å². The number of likely N-dealkylation sites (N-methyl/N-ethyl adjacent to an activating group) is 1. The maximum Gasteiger partial charge on any atom is 0.318 e. The largest absolute Gasteiger partial charge is 0.496 e. The van der Waals surface area contributed by atoms with Crippen LogP contribution in [-0.2, 0) is 6.54 Å². The fraction of sp³-hybridized carbons (Fsp3) is 0.333. The molecule has 1 aromatic carbocycles. The monoisotopic (exact) mass is 488 g/mol. The molecule has 0 atom stereocenters. The Balaban J connectivity index is 1.62. The fourth-order valence-corrected chi connectivity index (χ4v) is 4.49. The van der Waals surface area contributed by atoms with E-state index in [9.17, 15) is 4.39 Å². The Morgan fingerprint density at radius 2 is 1.94 bits per heavy atom. The minimum atomic E-state index is -0.433. The van der Waals surface area contributed by atoms with Crippen LogP contribution in [0.25, 0.3) is 28.1 Å². The third-order valence-electron chi connectivity index (χ3n) is 6.38. The van der Waals surface area contributed by atoms with Gasteiger partial charge in [-0.05, 0) is 50.6 Å². The van der Waals surface area contributed by atoms with Crippen molar-refractivity contribution in [2.75, 3.05) is 33.9 Å². The molecule has 0 aliphatic carbocycles. The van der Waals surface area contributed by atoms with Crippen molar-refractivity contribution in [1.29, 1.82) is 0 Å². The highest BCUT2D eigenvalue weighted by atomic mass is 19.1. The summed E-state index contributed by atoms with van der Waals surface area (Å²) in [4.78, 5) is 20.2. The van der Waals surface area contributed by atoms with Crippen LogP contribution in [0.3, 0.4) is 0 Å². The Labute approximate surface area is 209 Å². The third kappa shape index (κ3) is 4.66. The van der Waals surface area contributed by atoms with E-state index in [0.29, 0.717) is 41.4 Å². The molecule has 4 heterocycles. The summed E-state index contributed by atoms with van der Waals surface area (Å²) in [7, 11) is 3.80. The lowest BCUT2D eigenvalue weighted by Crippen LogP contribution is -2.23. The highest BCUT2D eigenvalue weighted by molar-refractivity contribution is 5.79. The van der Waals surface area contributed by atoms with E-state index < -0.39 is 5.82 Å². The highest BCUT2D eigenvalue weighted by Crippen LogP contribution is 2.32.